The van der Waals surface area contributed by atoms with Crippen molar-refractivity contribution in [2.75, 3.05) is 5.32 Å². The summed E-state index contributed by atoms with van der Waals surface area (Å²) in [4.78, 5) is 12.4. The predicted molar refractivity (Wildman–Crippen MR) is 101 cm³/mol. The van der Waals surface area contributed by atoms with E-state index in [4.69, 9.17) is 16.3 Å². The molecule has 2 aromatic carbocycles. The first kappa shape index (κ1) is 18.6. The molecule has 128 valence electrons. The Bertz CT molecular complexity index is 834. The second kappa shape index (κ2) is 8.36. The van der Waals surface area contributed by atoms with Crippen molar-refractivity contribution >= 4 is 29.3 Å². The normalized spacial score (nSPS) is 11.1. The minimum atomic E-state index is -0.477. The molecule has 0 fully saturated rings. The standard InChI is InChI=1S/C20H19ClN2O2/c1-13(2)25-18-8-5-15(6-9-18)10-16(12-22)20(24)23-19-11-17(21)7-4-14(19)3/h4-11,13H,1-3H3,(H,23,24)/b16-10+. The van der Waals surface area contributed by atoms with E-state index in [9.17, 15) is 10.1 Å². The van der Waals surface area contributed by atoms with E-state index in [1.165, 1.54) is 6.08 Å². The Labute approximate surface area is 152 Å². The average molecular weight is 355 g/mol. The van der Waals surface area contributed by atoms with Crippen molar-refractivity contribution in [3.05, 3.63) is 64.2 Å². The number of nitrogens with one attached hydrogen (secondary N) is 1. The molecule has 0 aliphatic heterocycles. The second-order valence-electron chi connectivity index (χ2n) is 5.82. The number of hydrogen-bond acceptors (Lipinski definition) is 3. The van der Waals surface area contributed by atoms with Crippen LogP contribution in [0.25, 0.3) is 6.08 Å². The van der Waals surface area contributed by atoms with E-state index in [-0.39, 0.29) is 11.7 Å². The third kappa shape index (κ3) is 5.37. The number of aryl methyl sites for hydroxylation is 1. The Balaban J connectivity index is 2.17. The van der Waals surface area contributed by atoms with Gasteiger partial charge in [-0.05, 0) is 62.2 Å². The number of carbonyl (C=O) groups excluding carboxylic acids is 1. The van der Waals surface area contributed by atoms with Gasteiger partial charge in [-0.3, -0.25) is 4.79 Å². The summed E-state index contributed by atoms with van der Waals surface area (Å²) in [6.07, 6.45) is 1.62. The Kier molecular flexibility index (Phi) is 6.21. The second-order valence-corrected chi connectivity index (χ2v) is 6.26. The molecule has 0 aliphatic carbocycles. The molecule has 1 amide bonds. The van der Waals surface area contributed by atoms with Gasteiger partial charge in [0.05, 0.1) is 6.10 Å². The van der Waals surface area contributed by atoms with E-state index in [0.717, 1.165) is 16.9 Å². The van der Waals surface area contributed by atoms with Crippen molar-refractivity contribution in [3.63, 3.8) is 0 Å². The fourth-order valence-electron chi connectivity index (χ4n) is 2.15. The number of amides is 1. The summed E-state index contributed by atoms with van der Waals surface area (Å²) in [5.74, 6) is 0.264. The van der Waals surface area contributed by atoms with Gasteiger partial charge in [-0.1, -0.05) is 29.8 Å². The monoisotopic (exact) mass is 354 g/mol. The lowest BCUT2D eigenvalue weighted by Gasteiger charge is -2.10. The van der Waals surface area contributed by atoms with Crippen molar-refractivity contribution in [3.8, 4) is 11.8 Å². The molecule has 2 rings (SSSR count). The van der Waals surface area contributed by atoms with E-state index in [1.807, 2.05) is 26.8 Å². The van der Waals surface area contributed by atoms with Crippen LogP contribution in [0.2, 0.25) is 5.02 Å². The number of rotatable bonds is 5. The summed E-state index contributed by atoms with van der Waals surface area (Å²) < 4.78 is 5.57. The molecule has 0 radical (unpaired) electrons. The number of nitrogens with zero attached hydrogens (tertiary/aromatic N) is 1. The smallest absolute Gasteiger partial charge is 0.266 e. The Morgan fingerprint density at radius 1 is 1.24 bits per heavy atom. The Morgan fingerprint density at radius 3 is 2.52 bits per heavy atom. The van der Waals surface area contributed by atoms with E-state index >= 15 is 0 Å². The average Bonchev–Trinajstić information content (AvgIpc) is 2.57. The number of benzene rings is 2. The summed E-state index contributed by atoms with van der Waals surface area (Å²) in [6.45, 7) is 5.75. The van der Waals surface area contributed by atoms with Crippen molar-refractivity contribution in [1.29, 1.82) is 5.26 Å². The fraction of sp³-hybridized carbons (Fsp3) is 0.200. The molecule has 0 saturated carbocycles. The molecule has 0 saturated heterocycles. The Morgan fingerprint density at radius 2 is 1.92 bits per heavy atom. The van der Waals surface area contributed by atoms with Crippen LogP contribution in [0.5, 0.6) is 5.75 Å². The molecular weight excluding hydrogens is 336 g/mol. The quantitative estimate of drug-likeness (QED) is 0.608. The fourth-order valence-corrected chi connectivity index (χ4v) is 2.32. The molecule has 0 spiro atoms. The zero-order valence-corrected chi connectivity index (χ0v) is 15.1. The SMILES string of the molecule is Cc1ccc(Cl)cc1NC(=O)/C(C#N)=C/c1ccc(OC(C)C)cc1. The van der Waals surface area contributed by atoms with E-state index in [0.29, 0.717) is 10.7 Å². The van der Waals surface area contributed by atoms with E-state index in [2.05, 4.69) is 5.32 Å². The number of hydrogen-bond donors (Lipinski definition) is 1. The highest BCUT2D eigenvalue weighted by Crippen LogP contribution is 2.21. The first-order valence-electron chi connectivity index (χ1n) is 7.85. The van der Waals surface area contributed by atoms with Gasteiger partial charge in [0.15, 0.2) is 0 Å². The topological polar surface area (TPSA) is 62.1 Å². The molecule has 0 unspecified atom stereocenters. The number of halogens is 1. The highest BCUT2D eigenvalue weighted by Gasteiger charge is 2.11. The molecule has 0 atom stereocenters. The van der Waals surface area contributed by atoms with Gasteiger partial charge in [-0.15, -0.1) is 0 Å². The zero-order valence-electron chi connectivity index (χ0n) is 14.3. The molecule has 0 aliphatic rings. The van der Waals surface area contributed by atoms with Crippen molar-refractivity contribution in [2.45, 2.75) is 26.9 Å². The summed E-state index contributed by atoms with van der Waals surface area (Å²) in [6, 6.07) is 14.3. The largest absolute Gasteiger partial charge is 0.491 e. The molecule has 2 aromatic rings. The predicted octanol–water partition coefficient (Wildman–Crippen LogP) is 4.98. The maximum atomic E-state index is 12.4. The van der Waals surface area contributed by atoms with Gasteiger partial charge in [-0.25, -0.2) is 0 Å². The van der Waals surface area contributed by atoms with Gasteiger partial charge in [0, 0.05) is 10.7 Å². The number of ether oxygens (including phenoxy) is 1. The van der Waals surface area contributed by atoms with Crippen LogP contribution in [-0.2, 0) is 4.79 Å². The lowest BCUT2D eigenvalue weighted by Crippen LogP contribution is -2.14. The van der Waals surface area contributed by atoms with Crippen LogP contribution in [-0.4, -0.2) is 12.0 Å². The van der Waals surface area contributed by atoms with Crippen molar-refractivity contribution in [2.24, 2.45) is 0 Å². The highest BCUT2D eigenvalue weighted by molar-refractivity contribution is 6.31. The van der Waals surface area contributed by atoms with Crippen molar-refractivity contribution < 1.29 is 9.53 Å². The van der Waals surface area contributed by atoms with Crippen LogP contribution in [0.15, 0.2) is 48.0 Å². The first-order valence-corrected chi connectivity index (χ1v) is 8.23. The Hall–Kier alpha value is -2.77. The first-order chi connectivity index (χ1) is 11.9. The summed E-state index contributed by atoms with van der Waals surface area (Å²) >= 11 is 5.95. The van der Waals surface area contributed by atoms with Gasteiger partial charge >= 0.3 is 0 Å². The van der Waals surface area contributed by atoms with Gasteiger partial charge in [0.2, 0.25) is 0 Å². The number of nitriles is 1. The van der Waals surface area contributed by atoms with Crippen LogP contribution < -0.4 is 10.1 Å². The maximum Gasteiger partial charge on any atom is 0.266 e. The third-order valence-electron chi connectivity index (χ3n) is 3.38. The lowest BCUT2D eigenvalue weighted by atomic mass is 10.1. The van der Waals surface area contributed by atoms with E-state index in [1.54, 1.807) is 42.5 Å². The molecule has 0 heterocycles. The number of carbonyl (C=O) groups is 1. The van der Waals surface area contributed by atoms with Gasteiger partial charge in [0.25, 0.3) is 5.91 Å². The summed E-state index contributed by atoms with van der Waals surface area (Å²) in [5, 5.41) is 12.5. The van der Waals surface area contributed by atoms with Crippen LogP contribution in [0.3, 0.4) is 0 Å². The maximum absolute atomic E-state index is 12.4. The van der Waals surface area contributed by atoms with Crippen molar-refractivity contribution in [1.82, 2.24) is 0 Å². The molecule has 0 aromatic heterocycles. The molecule has 5 heteroatoms. The third-order valence-corrected chi connectivity index (χ3v) is 3.61. The zero-order chi connectivity index (χ0) is 18.4. The highest BCUT2D eigenvalue weighted by atomic mass is 35.5. The minimum absolute atomic E-state index is 0.0110. The summed E-state index contributed by atoms with van der Waals surface area (Å²) in [7, 11) is 0. The summed E-state index contributed by atoms with van der Waals surface area (Å²) in [5.41, 5.74) is 2.20. The van der Waals surface area contributed by atoms with Gasteiger partial charge < -0.3 is 10.1 Å². The van der Waals surface area contributed by atoms with Crippen LogP contribution in [0, 0.1) is 18.3 Å². The van der Waals surface area contributed by atoms with Crippen LogP contribution in [0.1, 0.15) is 25.0 Å². The number of anilines is 1. The molecule has 4 nitrogen and oxygen atoms in total. The molecular formula is C20H19ClN2O2. The van der Waals surface area contributed by atoms with Crippen LogP contribution in [0.4, 0.5) is 5.69 Å². The van der Waals surface area contributed by atoms with Crippen LogP contribution >= 0.6 is 11.6 Å². The molecule has 0 bridgehead atoms. The molecule has 1 N–H and O–H groups in total. The lowest BCUT2D eigenvalue weighted by molar-refractivity contribution is -0.112. The van der Waals surface area contributed by atoms with Gasteiger partial charge in [-0.2, -0.15) is 5.26 Å². The minimum Gasteiger partial charge on any atom is -0.491 e. The van der Waals surface area contributed by atoms with Gasteiger partial charge in [0.1, 0.15) is 17.4 Å². The molecule has 25 heavy (non-hydrogen) atoms. The van der Waals surface area contributed by atoms with E-state index < -0.39 is 5.91 Å².